The first-order valence-electron chi connectivity index (χ1n) is 13.1. The van der Waals surface area contributed by atoms with E-state index in [0.717, 1.165) is 16.7 Å². The summed E-state index contributed by atoms with van der Waals surface area (Å²) in [6, 6.07) is 26.0. The third kappa shape index (κ3) is 7.72. The Kier molecular flexibility index (Phi) is 10.3. The van der Waals surface area contributed by atoms with Crippen molar-refractivity contribution in [3.05, 3.63) is 127 Å². The van der Waals surface area contributed by atoms with Gasteiger partial charge in [-0.15, -0.1) is 11.8 Å². The minimum atomic E-state index is -0.355. The van der Waals surface area contributed by atoms with Gasteiger partial charge in [0.25, 0.3) is 5.91 Å². The lowest BCUT2D eigenvalue weighted by molar-refractivity contribution is -0.128. The van der Waals surface area contributed by atoms with E-state index in [9.17, 15) is 9.59 Å². The molecular weight excluding hydrogens is 673 g/mol. The van der Waals surface area contributed by atoms with Crippen molar-refractivity contribution in [3.63, 3.8) is 0 Å². The Morgan fingerprint density at radius 3 is 2.53 bits per heavy atom. The molecule has 0 radical (unpaired) electrons. The third-order valence-electron chi connectivity index (χ3n) is 6.62. The zero-order chi connectivity index (χ0) is 30.3. The van der Waals surface area contributed by atoms with Crippen LogP contribution < -0.4 is 14.9 Å². The van der Waals surface area contributed by atoms with Gasteiger partial charge in [-0.1, -0.05) is 71.7 Å². The molecule has 4 aromatic rings. The van der Waals surface area contributed by atoms with E-state index < -0.39 is 0 Å². The summed E-state index contributed by atoms with van der Waals surface area (Å²) in [6.45, 7) is 0.800. The van der Waals surface area contributed by atoms with Crippen LogP contribution in [0.1, 0.15) is 38.0 Å². The van der Waals surface area contributed by atoms with Gasteiger partial charge in [0.05, 0.1) is 33.6 Å². The second-order valence-electron chi connectivity index (χ2n) is 9.56. The second kappa shape index (κ2) is 14.3. The topological polar surface area (TPSA) is 80.2 Å². The van der Waals surface area contributed by atoms with E-state index in [1.54, 1.807) is 55.3 Å². The standard InChI is InChI=1S/C32H26BrCl2N3O4S/c1-41-28-15-22(13-25(33)30(28)42-18-21-7-12-26(34)27(35)14-21)16-36-37-31(40)23-8-10-24(11-9-23)32-38(29(39)19-43-32)17-20-5-3-2-4-6-20/h2-16,32H,17-19H2,1H3,(H,37,40)/b36-16-/t32-/m1/s1. The number of nitrogens with one attached hydrogen (secondary N) is 1. The molecule has 1 atom stereocenters. The van der Waals surface area contributed by atoms with E-state index >= 15 is 0 Å². The van der Waals surface area contributed by atoms with E-state index in [-0.39, 0.29) is 23.8 Å². The van der Waals surface area contributed by atoms with Crippen molar-refractivity contribution < 1.29 is 19.1 Å². The molecule has 220 valence electrons. The molecule has 0 saturated carbocycles. The number of benzene rings is 4. The van der Waals surface area contributed by atoms with Crippen LogP contribution in [-0.4, -0.2) is 35.8 Å². The summed E-state index contributed by atoms with van der Waals surface area (Å²) in [5.41, 5.74) is 6.59. The monoisotopic (exact) mass is 697 g/mol. The number of hydrogen-bond acceptors (Lipinski definition) is 6. The van der Waals surface area contributed by atoms with Crippen LogP contribution in [0.3, 0.4) is 0 Å². The van der Waals surface area contributed by atoms with E-state index in [1.807, 2.05) is 53.4 Å². The summed E-state index contributed by atoms with van der Waals surface area (Å²) in [5.74, 6) is 1.18. The highest BCUT2D eigenvalue weighted by atomic mass is 79.9. The molecule has 11 heteroatoms. The van der Waals surface area contributed by atoms with E-state index in [2.05, 4.69) is 26.5 Å². The summed E-state index contributed by atoms with van der Waals surface area (Å²) in [7, 11) is 1.54. The molecule has 1 heterocycles. The quantitative estimate of drug-likeness (QED) is 0.135. The highest BCUT2D eigenvalue weighted by molar-refractivity contribution is 9.10. The largest absolute Gasteiger partial charge is 0.493 e. The molecule has 2 amide bonds. The molecule has 1 fully saturated rings. The predicted molar refractivity (Wildman–Crippen MR) is 175 cm³/mol. The van der Waals surface area contributed by atoms with Gasteiger partial charge >= 0.3 is 0 Å². The zero-order valence-electron chi connectivity index (χ0n) is 22.9. The van der Waals surface area contributed by atoms with Crippen LogP contribution in [0.25, 0.3) is 0 Å². The molecule has 1 aliphatic heterocycles. The third-order valence-corrected chi connectivity index (χ3v) is 9.20. The van der Waals surface area contributed by atoms with Crippen LogP contribution in [0.2, 0.25) is 10.0 Å². The normalized spacial score (nSPS) is 14.7. The molecule has 1 N–H and O–H groups in total. The molecule has 1 aliphatic rings. The van der Waals surface area contributed by atoms with Crippen molar-refractivity contribution in [3.8, 4) is 11.5 Å². The van der Waals surface area contributed by atoms with Gasteiger partial charge in [-0.2, -0.15) is 5.10 Å². The number of methoxy groups -OCH3 is 1. The van der Waals surface area contributed by atoms with E-state index in [1.165, 1.54) is 6.21 Å². The van der Waals surface area contributed by atoms with Crippen LogP contribution in [0.5, 0.6) is 11.5 Å². The molecule has 4 aromatic carbocycles. The van der Waals surface area contributed by atoms with Gasteiger partial charge in [-0.25, -0.2) is 5.43 Å². The van der Waals surface area contributed by atoms with Gasteiger partial charge in [-0.3, -0.25) is 9.59 Å². The summed E-state index contributed by atoms with van der Waals surface area (Å²) < 4.78 is 12.1. The number of amides is 2. The van der Waals surface area contributed by atoms with Crippen molar-refractivity contribution in [2.45, 2.75) is 18.5 Å². The van der Waals surface area contributed by atoms with Crippen LogP contribution in [0.15, 0.2) is 94.5 Å². The van der Waals surface area contributed by atoms with E-state index in [4.69, 9.17) is 32.7 Å². The number of carbonyl (C=O) groups excluding carboxylic acids is 2. The summed E-state index contributed by atoms with van der Waals surface area (Å²) >= 11 is 17.2. The Morgan fingerprint density at radius 2 is 1.81 bits per heavy atom. The Hall–Kier alpha value is -3.50. The Labute approximate surface area is 272 Å². The maximum atomic E-state index is 12.8. The summed E-state index contributed by atoms with van der Waals surface area (Å²) in [4.78, 5) is 27.2. The number of ether oxygens (including phenoxy) is 2. The van der Waals surface area contributed by atoms with Crippen LogP contribution >= 0.6 is 50.9 Å². The SMILES string of the molecule is COc1cc(/C=N\NC(=O)c2ccc([C@H]3SCC(=O)N3Cc3ccccc3)cc2)cc(Br)c1OCc1ccc(Cl)c(Cl)c1. The lowest BCUT2D eigenvalue weighted by Gasteiger charge is -2.24. The summed E-state index contributed by atoms with van der Waals surface area (Å²) in [5, 5.41) is 4.94. The molecule has 0 aromatic heterocycles. The minimum absolute atomic E-state index is 0.101. The number of rotatable bonds is 10. The van der Waals surface area contributed by atoms with Crippen molar-refractivity contribution in [2.75, 3.05) is 12.9 Å². The maximum Gasteiger partial charge on any atom is 0.271 e. The molecule has 7 nitrogen and oxygen atoms in total. The van der Waals surface area contributed by atoms with Gasteiger partial charge in [0.1, 0.15) is 12.0 Å². The second-order valence-corrected chi connectivity index (χ2v) is 12.3. The van der Waals surface area contributed by atoms with Crippen LogP contribution in [0, 0.1) is 0 Å². The minimum Gasteiger partial charge on any atom is -0.493 e. The number of thioether (sulfide) groups is 1. The zero-order valence-corrected chi connectivity index (χ0v) is 26.8. The van der Waals surface area contributed by atoms with Crippen molar-refractivity contribution in [2.24, 2.45) is 5.10 Å². The molecule has 43 heavy (non-hydrogen) atoms. The highest BCUT2D eigenvalue weighted by Crippen LogP contribution is 2.40. The Bertz CT molecular complexity index is 1650. The molecule has 0 spiro atoms. The molecule has 0 bridgehead atoms. The average molecular weight is 699 g/mol. The Balaban J connectivity index is 1.20. The number of halogens is 3. The van der Waals surface area contributed by atoms with Gasteiger partial charge < -0.3 is 14.4 Å². The summed E-state index contributed by atoms with van der Waals surface area (Å²) in [6.07, 6.45) is 1.52. The number of carbonyl (C=O) groups is 2. The lowest BCUT2D eigenvalue weighted by Crippen LogP contribution is -2.27. The van der Waals surface area contributed by atoms with Gasteiger partial charge in [0.2, 0.25) is 5.91 Å². The van der Waals surface area contributed by atoms with E-state index in [0.29, 0.717) is 49.4 Å². The molecule has 1 saturated heterocycles. The average Bonchev–Trinajstić information content (AvgIpc) is 3.38. The maximum absolute atomic E-state index is 12.8. The fourth-order valence-electron chi connectivity index (χ4n) is 4.45. The molecule has 0 aliphatic carbocycles. The van der Waals surface area contributed by atoms with Crippen molar-refractivity contribution in [1.29, 1.82) is 0 Å². The van der Waals surface area contributed by atoms with Crippen molar-refractivity contribution in [1.82, 2.24) is 10.3 Å². The fraction of sp³-hybridized carbons (Fsp3) is 0.156. The smallest absolute Gasteiger partial charge is 0.271 e. The molecule has 5 rings (SSSR count). The number of hydrogen-bond donors (Lipinski definition) is 1. The first-order chi connectivity index (χ1) is 20.8. The first kappa shape index (κ1) is 30.9. The van der Waals surface area contributed by atoms with Crippen molar-refractivity contribution >= 4 is 68.9 Å². The fourth-order valence-corrected chi connectivity index (χ4v) is 6.53. The molecular formula is C32H26BrCl2N3O4S. The number of hydrazone groups is 1. The number of nitrogens with zero attached hydrogens (tertiary/aromatic N) is 2. The lowest BCUT2D eigenvalue weighted by atomic mass is 10.1. The van der Waals surface area contributed by atoms with Gasteiger partial charge in [0.15, 0.2) is 11.5 Å². The van der Waals surface area contributed by atoms with Crippen LogP contribution in [-0.2, 0) is 17.9 Å². The predicted octanol–water partition coefficient (Wildman–Crippen LogP) is 7.88. The highest BCUT2D eigenvalue weighted by Gasteiger charge is 2.32. The van der Waals surface area contributed by atoms with Gasteiger partial charge in [-0.05, 0) is 74.6 Å². The molecule has 0 unspecified atom stereocenters. The van der Waals surface area contributed by atoms with Gasteiger partial charge in [0, 0.05) is 12.1 Å². The first-order valence-corrected chi connectivity index (χ1v) is 15.7. The Morgan fingerprint density at radius 1 is 1.05 bits per heavy atom. The van der Waals surface area contributed by atoms with Crippen LogP contribution in [0.4, 0.5) is 0 Å².